The number of halogens is 2. The number of nitrogens with zero attached hydrogens (tertiary/aromatic N) is 2. The van der Waals surface area contributed by atoms with E-state index in [1.54, 1.807) is 0 Å². The van der Waals surface area contributed by atoms with E-state index in [2.05, 4.69) is 10.4 Å². The second kappa shape index (κ2) is 6.61. The molecule has 1 aromatic carbocycles. The van der Waals surface area contributed by atoms with Gasteiger partial charge in [-0.2, -0.15) is 5.10 Å². The van der Waals surface area contributed by atoms with Crippen LogP contribution >= 0.6 is 0 Å². The molecular weight excluding hydrogens is 294 g/mol. The molecule has 0 radical (unpaired) electrons. The highest BCUT2D eigenvalue weighted by atomic mass is 19.1. The minimum Gasteiger partial charge on any atom is -0.368 e. The monoisotopic (exact) mass is 306 g/mol. The van der Waals surface area contributed by atoms with Crippen LogP contribution < -0.4 is 11.1 Å². The molecule has 0 saturated carbocycles. The molecule has 2 aromatic rings. The molecule has 0 spiro atoms. The Bertz CT molecular complexity index is 720. The Morgan fingerprint density at radius 3 is 2.59 bits per heavy atom. The zero-order valence-electron chi connectivity index (χ0n) is 11.3. The van der Waals surface area contributed by atoms with E-state index in [-0.39, 0.29) is 17.9 Å². The van der Waals surface area contributed by atoms with Gasteiger partial charge in [-0.05, 0) is 18.2 Å². The van der Waals surface area contributed by atoms with Crippen LogP contribution in [-0.2, 0) is 16.1 Å². The minimum atomic E-state index is -0.769. The van der Waals surface area contributed by atoms with Crippen molar-refractivity contribution in [2.45, 2.75) is 6.54 Å². The van der Waals surface area contributed by atoms with Crippen LogP contribution in [-0.4, -0.2) is 21.6 Å². The zero-order chi connectivity index (χ0) is 16.1. The van der Waals surface area contributed by atoms with Crippen molar-refractivity contribution in [3.05, 3.63) is 53.7 Å². The molecule has 0 saturated heterocycles. The summed E-state index contributed by atoms with van der Waals surface area (Å²) in [5.74, 6) is -2.54. The van der Waals surface area contributed by atoms with Gasteiger partial charge in [0.25, 0.3) is 0 Å². The molecular formula is C14H12F2N4O2. The largest absolute Gasteiger partial charge is 0.368 e. The molecule has 0 bridgehead atoms. The second-order valence-electron chi connectivity index (χ2n) is 4.32. The summed E-state index contributed by atoms with van der Waals surface area (Å²) in [6.45, 7) is -0.119. The number of benzene rings is 1. The Hall–Kier alpha value is -3.03. The van der Waals surface area contributed by atoms with Crippen LogP contribution in [0.3, 0.4) is 0 Å². The predicted molar refractivity (Wildman–Crippen MR) is 75.4 cm³/mol. The normalized spacial score (nSPS) is 10.8. The van der Waals surface area contributed by atoms with Gasteiger partial charge in [0.2, 0.25) is 11.8 Å². The van der Waals surface area contributed by atoms with Crippen molar-refractivity contribution in [3.8, 4) is 0 Å². The highest BCUT2D eigenvalue weighted by molar-refractivity contribution is 6.01. The van der Waals surface area contributed by atoms with Crippen LogP contribution in [0.15, 0.2) is 36.5 Å². The van der Waals surface area contributed by atoms with Gasteiger partial charge < -0.3 is 11.1 Å². The Kier molecular flexibility index (Phi) is 4.62. The van der Waals surface area contributed by atoms with Crippen molar-refractivity contribution < 1.29 is 18.4 Å². The van der Waals surface area contributed by atoms with E-state index in [0.29, 0.717) is 0 Å². The van der Waals surface area contributed by atoms with Crippen molar-refractivity contribution in [1.29, 1.82) is 0 Å². The van der Waals surface area contributed by atoms with Gasteiger partial charge >= 0.3 is 0 Å². The van der Waals surface area contributed by atoms with Crippen LogP contribution in [0.2, 0.25) is 0 Å². The number of hydrogen-bond acceptors (Lipinski definition) is 3. The molecule has 6 nitrogen and oxygen atoms in total. The van der Waals surface area contributed by atoms with Gasteiger partial charge in [-0.3, -0.25) is 14.3 Å². The SMILES string of the molecule is NC(=O)Cn1ccc(NC(=O)C=Cc2c(F)cccc2F)n1. The summed E-state index contributed by atoms with van der Waals surface area (Å²) in [4.78, 5) is 22.4. The predicted octanol–water partition coefficient (Wildman–Crippen LogP) is 1.30. The average Bonchev–Trinajstić information content (AvgIpc) is 2.84. The number of carbonyl (C=O) groups excluding carboxylic acids is 2. The second-order valence-corrected chi connectivity index (χ2v) is 4.32. The molecule has 0 fully saturated rings. The first-order chi connectivity index (χ1) is 10.5. The summed E-state index contributed by atoms with van der Waals surface area (Å²) in [5.41, 5.74) is 4.70. The lowest BCUT2D eigenvalue weighted by Crippen LogP contribution is -2.19. The van der Waals surface area contributed by atoms with Gasteiger partial charge in [-0.1, -0.05) is 6.07 Å². The lowest BCUT2D eigenvalue weighted by atomic mass is 10.2. The lowest BCUT2D eigenvalue weighted by Gasteiger charge is -1.99. The Labute approximate surface area is 124 Å². The molecule has 0 aliphatic carbocycles. The van der Waals surface area contributed by atoms with E-state index < -0.39 is 23.4 Å². The van der Waals surface area contributed by atoms with E-state index in [9.17, 15) is 18.4 Å². The quantitative estimate of drug-likeness (QED) is 0.816. The van der Waals surface area contributed by atoms with Crippen LogP contribution in [0.1, 0.15) is 5.56 Å². The topological polar surface area (TPSA) is 90.0 Å². The number of amides is 2. The molecule has 8 heteroatoms. The summed E-state index contributed by atoms with van der Waals surface area (Å²) in [6, 6.07) is 4.87. The number of carbonyl (C=O) groups is 2. The Morgan fingerprint density at radius 2 is 1.95 bits per heavy atom. The molecule has 3 N–H and O–H groups in total. The van der Waals surface area contributed by atoms with Gasteiger partial charge in [0.15, 0.2) is 5.82 Å². The smallest absolute Gasteiger partial charge is 0.249 e. The molecule has 0 aliphatic rings. The number of rotatable bonds is 5. The van der Waals surface area contributed by atoms with Crippen LogP contribution in [0.25, 0.3) is 6.08 Å². The molecule has 22 heavy (non-hydrogen) atoms. The molecule has 114 valence electrons. The molecule has 2 rings (SSSR count). The Morgan fingerprint density at radius 1 is 1.27 bits per heavy atom. The third-order valence-electron chi connectivity index (χ3n) is 2.61. The first-order valence-electron chi connectivity index (χ1n) is 6.20. The van der Waals surface area contributed by atoms with Gasteiger partial charge in [-0.25, -0.2) is 8.78 Å². The van der Waals surface area contributed by atoms with Gasteiger partial charge in [0.05, 0.1) is 0 Å². The molecule has 2 amide bonds. The number of nitrogens with two attached hydrogens (primary N) is 1. The van der Waals surface area contributed by atoms with Gasteiger partial charge in [0, 0.05) is 23.9 Å². The van der Waals surface area contributed by atoms with Gasteiger partial charge in [0.1, 0.15) is 18.2 Å². The van der Waals surface area contributed by atoms with Crippen molar-refractivity contribution in [2.75, 3.05) is 5.32 Å². The Balaban J connectivity index is 2.02. The van der Waals surface area contributed by atoms with Crippen molar-refractivity contribution in [1.82, 2.24) is 9.78 Å². The third-order valence-corrected chi connectivity index (χ3v) is 2.61. The molecule has 0 unspecified atom stereocenters. The van der Waals surface area contributed by atoms with Crippen LogP contribution in [0.4, 0.5) is 14.6 Å². The highest BCUT2D eigenvalue weighted by Gasteiger charge is 2.07. The van der Waals surface area contributed by atoms with Crippen molar-refractivity contribution in [2.24, 2.45) is 5.73 Å². The van der Waals surface area contributed by atoms with Gasteiger partial charge in [-0.15, -0.1) is 0 Å². The van der Waals surface area contributed by atoms with Crippen LogP contribution in [0.5, 0.6) is 0 Å². The first kappa shape index (κ1) is 15.4. The summed E-state index contributed by atoms with van der Waals surface area (Å²) in [7, 11) is 0. The fraction of sp³-hybridized carbons (Fsp3) is 0.0714. The third kappa shape index (κ3) is 3.98. The fourth-order valence-electron chi connectivity index (χ4n) is 1.67. The number of anilines is 1. The standard InChI is InChI=1S/C14H12F2N4O2/c15-10-2-1-3-11(16)9(10)4-5-14(22)18-13-6-7-20(19-13)8-12(17)21/h1-7H,8H2,(H2,17,21)(H,18,19,22). The van der Waals surface area contributed by atoms with E-state index in [4.69, 9.17) is 5.73 Å². The number of aromatic nitrogens is 2. The number of hydrogen-bond donors (Lipinski definition) is 2. The summed E-state index contributed by atoms with van der Waals surface area (Å²) < 4.78 is 28.0. The zero-order valence-corrected chi connectivity index (χ0v) is 11.3. The van der Waals surface area contributed by atoms with Crippen molar-refractivity contribution in [3.63, 3.8) is 0 Å². The molecule has 0 aliphatic heterocycles. The summed E-state index contributed by atoms with van der Waals surface area (Å²) >= 11 is 0. The van der Waals surface area contributed by atoms with E-state index >= 15 is 0 Å². The number of nitrogens with one attached hydrogen (secondary N) is 1. The van der Waals surface area contributed by atoms with E-state index in [0.717, 1.165) is 24.3 Å². The molecule has 0 atom stereocenters. The average molecular weight is 306 g/mol. The fourth-order valence-corrected chi connectivity index (χ4v) is 1.67. The maximum atomic E-state index is 13.4. The highest BCUT2D eigenvalue weighted by Crippen LogP contribution is 2.13. The number of primary amides is 1. The maximum Gasteiger partial charge on any atom is 0.249 e. The first-order valence-corrected chi connectivity index (χ1v) is 6.20. The minimum absolute atomic E-state index is 0.119. The van der Waals surface area contributed by atoms with E-state index in [1.165, 1.54) is 23.0 Å². The lowest BCUT2D eigenvalue weighted by molar-refractivity contribution is -0.118. The summed E-state index contributed by atoms with van der Waals surface area (Å²) in [5, 5.41) is 6.27. The molecule has 1 heterocycles. The van der Waals surface area contributed by atoms with Crippen LogP contribution in [0, 0.1) is 11.6 Å². The maximum absolute atomic E-state index is 13.4. The molecule has 1 aromatic heterocycles. The van der Waals surface area contributed by atoms with E-state index in [1.807, 2.05) is 0 Å². The van der Waals surface area contributed by atoms with Crippen molar-refractivity contribution >= 4 is 23.7 Å². The summed E-state index contributed by atoms with van der Waals surface area (Å²) in [6.07, 6.45) is 3.47.